The van der Waals surface area contributed by atoms with E-state index in [0.29, 0.717) is 55.5 Å². The summed E-state index contributed by atoms with van der Waals surface area (Å²) >= 11 is 7.42. The monoisotopic (exact) mass is 484 g/mol. The molecule has 0 atom stereocenters. The van der Waals surface area contributed by atoms with Crippen LogP contribution >= 0.6 is 22.9 Å². The molecule has 9 heteroatoms. The minimum Gasteiger partial charge on any atom is -0.493 e. The lowest BCUT2D eigenvalue weighted by molar-refractivity contribution is 0.0531. The van der Waals surface area contributed by atoms with Gasteiger partial charge in [-0.3, -0.25) is 0 Å². The highest BCUT2D eigenvalue weighted by atomic mass is 35.5. The Balaban J connectivity index is 1.90. The third-order valence-electron chi connectivity index (χ3n) is 4.84. The van der Waals surface area contributed by atoms with Crippen LogP contribution in [0.2, 0.25) is 5.02 Å². The smallest absolute Gasteiger partial charge is 0.350 e. The van der Waals surface area contributed by atoms with Crippen LogP contribution in [-0.2, 0) is 4.74 Å². The largest absolute Gasteiger partial charge is 0.493 e. The van der Waals surface area contributed by atoms with Gasteiger partial charge in [-0.2, -0.15) is 0 Å². The van der Waals surface area contributed by atoms with Gasteiger partial charge >= 0.3 is 5.97 Å². The summed E-state index contributed by atoms with van der Waals surface area (Å²) in [6.45, 7) is 3.81. The maximum atomic E-state index is 12.2. The molecular formula is C24H21ClN2O5S. The van der Waals surface area contributed by atoms with Gasteiger partial charge in [0, 0.05) is 22.0 Å². The second-order valence-corrected chi connectivity index (χ2v) is 8.36. The number of aromatic nitrogens is 1. The molecule has 0 amide bonds. The average Bonchev–Trinajstić information content (AvgIpc) is 3.18. The van der Waals surface area contributed by atoms with E-state index >= 15 is 0 Å². The Hall–Kier alpha value is -3.36. The molecule has 0 bridgehead atoms. The first kappa shape index (κ1) is 22.8. The molecule has 0 aliphatic rings. The highest BCUT2D eigenvalue weighted by molar-refractivity contribution is 7.17. The molecule has 0 spiro atoms. The van der Waals surface area contributed by atoms with Crippen LogP contribution in [0, 0.1) is 6.92 Å². The molecule has 2 aromatic heterocycles. The molecule has 0 aliphatic carbocycles. The first-order valence-corrected chi connectivity index (χ1v) is 11.3. The number of fused-ring (bicyclic) bond motifs is 1. The summed E-state index contributed by atoms with van der Waals surface area (Å²) in [5, 5.41) is 2.31. The molecular weight excluding hydrogens is 464 g/mol. The lowest BCUT2D eigenvalue weighted by atomic mass is 10.1. The topological polar surface area (TPSA) is 83.2 Å². The molecule has 0 unspecified atom stereocenters. The standard InChI is InChI=1S/C24H21ClN2O5S/c1-5-31-23(28)22-13(2)26-24(33-22)27-17-12-20(32-18-9-7-15(25)11-16(17)18)14-6-8-19(29-3)21(10-14)30-4/h6-12H,5H2,1-4H3. The number of aryl methyl sites for hydroxylation is 1. The fourth-order valence-corrected chi connectivity index (χ4v) is 4.30. The average molecular weight is 485 g/mol. The normalized spacial score (nSPS) is 11.6. The van der Waals surface area contributed by atoms with Gasteiger partial charge in [-0.1, -0.05) is 22.9 Å². The second kappa shape index (κ2) is 9.64. The van der Waals surface area contributed by atoms with E-state index in [2.05, 4.69) is 4.98 Å². The predicted octanol–water partition coefficient (Wildman–Crippen LogP) is 5.94. The molecule has 4 rings (SSSR count). The lowest BCUT2D eigenvalue weighted by Gasteiger charge is -2.10. The van der Waals surface area contributed by atoms with Crippen LogP contribution in [-0.4, -0.2) is 31.8 Å². The van der Waals surface area contributed by atoms with Gasteiger partial charge in [-0.25, -0.2) is 14.8 Å². The Kier molecular flexibility index (Phi) is 6.67. The van der Waals surface area contributed by atoms with Crippen molar-refractivity contribution in [1.82, 2.24) is 4.98 Å². The number of ether oxygens (including phenoxy) is 3. The summed E-state index contributed by atoms with van der Waals surface area (Å²) in [4.78, 5) is 21.8. The molecule has 0 saturated carbocycles. The molecule has 2 heterocycles. The number of thiazole rings is 1. The van der Waals surface area contributed by atoms with Crippen molar-refractivity contribution in [2.45, 2.75) is 13.8 Å². The molecule has 4 aromatic rings. The highest BCUT2D eigenvalue weighted by Gasteiger charge is 2.17. The Bertz CT molecular complexity index is 1410. The van der Waals surface area contributed by atoms with Crippen LogP contribution in [0.4, 0.5) is 5.13 Å². The van der Waals surface area contributed by atoms with Gasteiger partial charge < -0.3 is 18.6 Å². The molecule has 170 valence electrons. The Morgan fingerprint density at radius 1 is 1.12 bits per heavy atom. The zero-order valence-electron chi connectivity index (χ0n) is 18.5. The number of rotatable bonds is 6. The van der Waals surface area contributed by atoms with E-state index in [1.54, 1.807) is 52.3 Å². The summed E-state index contributed by atoms with van der Waals surface area (Å²) < 4.78 is 22.0. The fourth-order valence-electron chi connectivity index (χ4n) is 3.28. The van der Waals surface area contributed by atoms with Crippen molar-refractivity contribution in [3.8, 4) is 22.8 Å². The van der Waals surface area contributed by atoms with Gasteiger partial charge in [0.25, 0.3) is 0 Å². The number of carbonyl (C=O) groups is 1. The number of carbonyl (C=O) groups excluding carboxylic acids is 1. The number of nitrogens with zero attached hydrogens (tertiary/aromatic N) is 2. The van der Waals surface area contributed by atoms with Crippen molar-refractivity contribution < 1.29 is 23.4 Å². The maximum absolute atomic E-state index is 12.2. The summed E-state index contributed by atoms with van der Waals surface area (Å²) in [7, 11) is 3.16. The molecule has 0 fully saturated rings. The third-order valence-corrected chi connectivity index (χ3v) is 6.10. The molecule has 0 N–H and O–H groups in total. The van der Waals surface area contributed by atoms with Crippen molar-refractivity contribution in [3.63, 3.8) is 0 Å². The van der Waals surface area contributed by atoms with Gasteiger partial charge in [0.15, 0.2) is 11.5 Å². The number of halogens is 1. The van der Waals surface area contributed by atoms with E-state index in [4.69, 9.17) is 35.2 Å². The maximum Gasteiger partial charge on any atom is 0.350 e. The van der Waals surface area contributed by atoms with Crippen LogP contribution < -0.4 is 14.8 Å². The summed E-state index contributed by atoms with van der Waals surface area (Å²) in [5.41, 5.74) is 1.95. The lowest BCUT2D eigenvalue weighted by Crippen LogP contribution is -2.03. The Morgan fingerprint density at radius 2 is 1.91 bits per heavy atom. The van der Waals surface area contributed by atoms with Crippen molar-refractivity contribution in [2.75, 3.05) is 20.8 Å². The SMILES string of the molecule is CCOC(=O)c1sc(N=c2cc(-c3ccc(OC)c(OC)c3)oc3ccc(Cl)cc23)nc1C. The second-order valence-electron chi connectivity index (χ2n) is 6.95. The Morgan fingerprint density at radius 3 is 2.64 bits per heavy atom. The zero-order chi connectivity index (χ0) is 23.5. The molecule has 0 saturated heterocycles. The van der Waals surface area contributed by atoms with Crippen LogP contribution in [0.3, 0.4) is 0 Å². The van der Waals surface area contributed by atoms with E-state index in [1.165, 1.54) is 11.3 Å². The fraction of sp³-hybridized carbons (Fsp3) is 0.208. The van der Waals surface area contributed by atoms with Gasteiger partial charge in [-0.15, -0.1) is 0 Å². The quantitative estimate of drug-likeness (QED) is 0.315. The number of hydrogen-bond acceptors (Lipinski definition) is 8. The molecule has 33 heavy (non-hydrogen) atoms. The first-order valence-electron chi connectivity index (χ1n) is 10.1. The van der Waals surface area contributed by atoms with Crippen LogP contribution in [0.25, 0.3) is 22.3 Å². The van der Waals surface area contributed by atoms with E-state index in [0.717, 1.165) is 10.9 Å². The van der Waals surface area contributed by atoms with E-state index in [1.807, 2.05) is 18.2 Å². The van der Waals surface area contributed by atoms with E-state index < -0.39 is 5.97 Å². The van der Waals surface area contributed by atoms with Crippen molar-refractivity contribution >= 4 is 45.0 Å². The number of esters is 1. The van der Waals surface area contributed by atoms with Crippen molar-refractivity contribution in [3.05, 3.63) is 63.4 Å². The summed E-state index contributed by atoms with van der Waals surface area (Å²) in [6.07, 6.45) is 0. The van der Waals surface area contributed by atoms with Crippen LogP contribution in [0.15, 0.2) is 51.9 Å². The number of benzene rings is 2. The molecule has 0 radical (unpaired) electrons. The van der Waals surface area contributed by atoms with Crippen LogP contribution in [0.5, 0.6) is 11.5 Å². The molecule has 2 aromatic carbocycles. The van der Waals surface area contributed by atoms with E-state index in [9.17, 15) is 4.79 Å². The number of hydrogen-bond donors (Lipinski definition) is 0. The Labute approximate surface area is 199 Å². The third kappa shape index (κ3) is 4.72. The zero-order valence-corrected chi connectivity index (χ0v) is 20.0. The molecule has 0 aliphatic heterocycles. The van der Waals surface area contributed by atoms with Crippen molar-refractivity contribution in [2.24, 2.45) is 4.99 Å². The van der Waals surface area contributed by atoms with Crippen molar-refractivity contribution in [1.29, 1.82) is 0 Å². The van der Waals surface area contributed by atoms with Gasteiger partial charge in [0.1, 0.15) is 16.2 Å². The van der Waals surface area contributed by atoms with Gasteiger partial charge in [-0.05, 0) is 50.2 Å². The van der Waals surface area contributed by atoms with E-state index in [-0.39, 0.29) is 0 Å². The minimum absolute atomic E-state index is 0.292. The highest BCUT2D eigenvalue weighted by Crippen LogP contribution is 2.33. The van der Waals surface area contributed by atoms with Gasteiger partial charge in [0.2, 0.25) is 5.13 Å². The van der Waals surface area contributed by atoms with Crippen LogP contribution in [0.1, 0.15) is 22.3 Å². The predicted molar refractivity (Wildman–Crippen MR) is 128 cm³/mol. The summed E-state index contributed by atoms with van der Waals surface area (Å²) in [5.74, 6) is 1.36. The minimum atomic E-state index is -0.407. The van der Waals surface area contributed by atoms with Gasteiger partial charge in [0.05, 0.1) is 31.9 Å². The molecule has 7 nitrogen and oxygen atoms in total. The number of methoxy groups -OCH3 is 2. The summed E-state index contributed by atoms with van der Waals surface area (Å²) in [6, 6.07) is 12.6. The first-order chi connectivity index (χ1) is 15.9.